The van der Waals surface area contributed by atoms with E-state index in [4.69, 9.17) is 23.1 Å². The number of nitrogens with one attached hydrogen (secondary N) is 4. The highest BCUT2D eigenvalue weighted by molar-refractivity contribution is 6.31. The molecule has 4 atom stereocenters. The number of H-pyrrole nitrogens is 1. The van der Waals surface area contributed by atoms with E-state index in [-0.39, 0.29) is 30.0 Å². The molecule has 1 fully saturated rings. The van der Waals surface area contributed by atoms with E-state index >= 15 is 0 Å². The summed E-state index contributed by atoms with van der Waals surface area (Å²) in [5, 5.41) is 9.24. The number of fused-ring (bicyclic) bond motifs is 1. The van der Waals surface area contributed by atoms with Gasteiger partial charge in [-0.3, -0.25) is 23.7 Å². The van der Waals surface area contributed by atoms with Crippen molar-refractivity contribution in [2.45, 2.75) is 95.4 Å². The lowest BCUT2D eigenvalue weighted by atomic mass is 9.99. The SMILES string of the molecule is CC(C)C[C@@H](NC(=O)[C@@H](Cc1ccccc1)NC(=O)[C@H](N)Cc1ccccc1)C(=O)N[C@H](CCCCN)C(=O)N1CCC(n2c(=O)[nH]c3cc(Cl)ccc32)CC1. The summed E-state index contributed by atoms with van der Waals surface area (Å²) in [6, 6.07) is 20.1. The molecule has 2 heterocycles. The van der Waals surface area contributed by atoms with Crippen LogP contribution in [-0.4, -0.2) is 81.9 Å². The van der Waals surface area contributed by atoms with Crippen LogP contribution in [0.1, 0.15) is 69.5 Å². The van der Waals surface area contributed by atoms with Crippen molar-refractivity contribution in [2.75, 3.05) is 19.6 Å². The highest BCUT2D eigenvalue weighted by Crippen LogP contribution is 2.27. The number of imidazole rings is 1. The van der Waals surface area contributed by atoms with Crippen LogP contribution < -0.4 is 33.1 Å². The van der Waals surface area contributed by atoms with Crippen LogP contribution in [0.4, 0.5) is 0 Å². The number of piperidine rings is 1. The summed E-state index contributed by atoms with van der Waals surface area (Å²) >= 11 is 6.14. The van der Waals surface area contributed by atoms with Crippen LogP contribution in [0.25, 0.3) is 11.0 Å². The summed E-state index contributed by atoms with van der Waals surface area (Å²) in [4.78, 5) is 73.0. The number of unbranched alkanes of at least 4 members (excludes halogenated alkanes) is 1. The molecule has 5 rings (SSSR count). The van der Waals surface area contributed by atoms with Crippen molar-refractivity contribution in [2.24, 2.45) is 17.4 Å². The van der Waals surface area contributed by atoms with E-state index in [0.717, 1.165) is 16.6 Å². The Hall–Kier alpha value is -4.98. The van der Waals surface area contributed by atoms with Gasteiger partial charge in [-0.05, 0) is 86.7 Å². The standard InChI is InChI=1S/C42H55ClN8O5/c1-27(2)23-35(48-40(54)36(25-29-13-7-4-8-14-29)47-38(52)32(45)24-28-11-5-3-6-12-28)39(53)46-33(15-9-10-20-44)41(55)50-21-18-31(19-22-50)51-37-17-16-30(43)26-34(37)49-42(51)56/h3-8,11-14,16-17,26-27,31-33,35-36H,9-10,15,18-25,44-45H2,1-2H3,(H,46,53)(H,47,52)(H,48,54)(H,49,56)/t32-,33-,35-,36-/m1/s1. The lowest BCUT2D eigenvalue weighted by molar-refractivity contribution is -0.139. The fourth-order valence-electron chi connectivity index (χ4n) is 7.33. The van der Waals surface area contributed by atoms with Gasteiger partial charge >= 0.3 is 5.69 Å². The summed E-state index contributed by atoms with van der Waals surface area (Å²) in [6.07, 6.45) is 3.55. The van der Waals surface area contributed by atoms with Crippen LogP contribution >= 0.6 is 11.6 Å². The Morgan fingerprint density at radius 3 is 2.02 bits per heavy atom. The number of halogens is 1. The lowest BCUT2D eigenvalue weighted by Crippen LogP contribution is -2.59. The zero-order valence-corrected chi connectivity index (χ0v) is 33.0. The number of nitrogens with two attached hydrogens (primary N) is 2. The van der Waals surface area contributed by atoms with Gasteiger partial charge in [0, 0.05) is 30.6 Å². The first kappa shape index (κ1) is 42.2. The normalized spacial score (nSPS) is 15.6. The van der Waals surface area contributed by atoms with Crippen molar-refractivity contribution >= 4 is 46.3 Å². The second-order valence-corrected chi connectivity index (χ2v) is 15.5. The van der Waals surface area contributed by atoms with Crippen molar-refractivity contribution in [1.82, 2.24) is 30.4 Å². The van der Waals surface area contributed by atoms with Crippen LogP contribution in [0.2, 0.25) is 5.02 Å². The van der Waals surface area contributed by atoms with Crippen LogP contribution in [0.15, 0.2) is 83.7 Å². The average molecular weight is 787 g/mol. The predicted octanol–water partition coefficient (Wildman–Crippen LogP) is 3.59. The third-order valence-corrected chi connectivity index (χ3v) is 10.5. The molecule has 300 valence electrons. The summed E-state index contributed by atoms with van der Waals surface area (Å²) in [6.45, 7) is 5.14. The van der Waals surface area contributed by atoms with E-state index in [0.29, 0.717) is 75.1 Å². The zero-order chi connectivity index (χ0) is 40.2. The Labute approximate surface area is 332 Å². The van der Waals surface area contributed by atoms with Crippen LogP contribution in [0.3, 0.4) is 0 Å². The minimum Gasteiger partial charge on any atom is -0.343 e. The molecule has 0 bridgehead atoms. The molecule has 13 nitrogen and oxygen atoms in total. The van der Waals surface area contributed by atoms with Gasteiger partial charge in [-0.2, -0.15) is 0 Å². The van der Waals surface area contributed by atoms with Gasteiger partial charge in [-0.15, -0.1) is 0 Å². The van der Waals surface area contributed by atoms with E-state index in [2.05, 4.69) is 20.9 Å². The van der Waals surface area contributed by atoms with Crippen molar-refractivity contribution < 1.29 is 19.2 Å². The van der Waals surface area contributed by atoms with Gasteiger partial charge in [0.15, 0.2) is 0 Å². The third kappa shape index (κ3) is 11.5. The van der Waals surface area contributed by atoms with E-state index < -0.39 is 41.9 Å². The molecule has 4 amide bonds. The number of likely N-dealkylation sites (tertiary alicyclic amines) is 1. The maximum Gasteiger partial charge on any atom is 0.326 e. The Bertz CT molecular complexity index is 1980. The minimum absolute atomic E-state index is 0.0156. The van der Waals surface area contributed by atoms with Crippen molar-refractivity contribution in [3.05, 3.63) is 105 Å². The highest BCUT2D eigenvalue weighted by Gasteiger charge is 2.34. The van der Waals surface area contributed by atoms with Crippen LogP contribution in [0.5, 0.6) is 0 Å². The van der Waals surface area contributed by atoms with Crippen LogP contribution in [0, 0.1) is 5.92 Å². The molecule has 0 saturated carbocycles. The maximum atomic E-state index is 14.1. The number of carbonyl (C=O) groups is 4. The number of carbonyl (C=O) groups excluding carboxylic acids is 4. The molecule has 56 heavy (non-hydrogen) atoms. The highest BCUT2D eigenvalue weighted by atomic mass is 35.5. The second-order valence-electron chi connectivity index (χ2n) is 15.1. The average Bonchev–Trinajstić information content (AvgIpc) is 3.51. The number of aromatic amines is 1. The summed E-state index contributed by atoms with van der Waals surface area (Å²) < 4.78 is 1.73. The van der Waals surface area contributed by atoms with Gasteiger partial charge in [-0.25, -0.2) is 4.79 Å². The summed E-state index contributed by atoms with van der Waals surface area (Å²) in [5.74, 6) is -1.70. The van der Waals surface area contributed by atoms with E-state index in [9.17, 15) is 24.0 Å². The first-order valence-electron chi connectivity index (χ1n) is 19.6. The number of nitrogens with zero attached hydrogens (tertiary/aromatic N) is 2. The van der Waals surface area contributed by atoms with Crippen molar-refractivity contribution in [1.29, 1.82) is 0 Å². The van der Waals surface area contributed by atoms with Gasteiger partial charge in [-0.1, -0.05) is 86.1 Å². The number of amides is 4. The molecule has 1 saturated heterocycles. The quantitative estimate of drug-likeness (QED) is 0.0829. The molecule has 0 spiro atoms. The Morgan fingerprint density at radius 1 is 0.804 bits per heavy atom. The molecule has 1 aliphatic heterocycles. The Kier molecular flexibility index (Phi) is 15.3. The van der Waals surface area contributed by atoms with E-state index in [1.54, 1.807) is 21.6 Å². The molecule has 14 heteroatoms. The van der Waals surface area contributed by atoms with Crippen molar-refractivity contribution in [3.63, 3.8) is 0 Å². The van der Waals surface area contributed by atoms with Crippen LogP contribution in [-0.2, 0) is 32.0 Å². The fraction of sp³-hybridized carbons (Fsp3) is 0.452. The topological polar surface area (TPSA) is 197 Å². The van der Waals surface area contributed by atoms with E-state index in [1.165, 1.54) is 0 Å². The van der Waals surface area contributed by atoms with E-state index in [1.807, 2.05) is 80.6 Å². The lowest BCUT2D eigenvalue weighted by Gasteiger charge is -2.35. The molecule has 0 radical (unpaired) electrons. The van der Waals surface area contributed by atoms with Gasteiger partial charge in [0.05, 0.1) is 17.1 Å². The Morgan fingerprint density at radius 2 is 1.39 bits per heavy atom. The summed E-state index contributed by atoms with van der Waals surface area (Å²) in [7, 11) is 0. The first-order valence-corrected chi connectivity index (χ1v) is 19.9. The second kappa shape index (κ2) is 20.3. The largest absolute Gasteiger partial charge is 0.343 e. The molecular formula is C42H55ClN8O5. The molecule has 0 aliphatic carbocycles. The first-order chi connectivity index (χ1) is 26.9. The predicted molar refractivity (Wildman–Crippen MR) is 219 cm³/mol. The minimum atomic E-state index is -1.01. The molecule has 1 aromatic heterocycles. The molecule has 0 unspecified atom stereocenters. The third-order valence-electron chi connectivity index (χ3n) is 10.3. The number of hydrogen-bond donors (Lipinski definition) is 6. The number of benzene rings is 3. The van der Waals surface area contributed by atoms with Gasteiger partial charge < -0.3 is 37.3 Å². The number of aromatic nitrogens is 2. The smallest absolute Gasteiger partial charge is 0.326 e. The molecule has 1 aliphatic rings. The molecule has 4 aromatic rings. The summed E-state index contributed by atoms with van der Waals surface area (Å²) in [5.41, 5.74) is 15.0. The number of hydrogen-bond acceptors (Lipinski definition) is 7. The molecular weight excluding hydrogens is 732 g/mol. The van der Waals surface area contributed by atoms with Gasteiger partial charge in [0.1, 0.15) is 18.1 Å². The van der Waals surface area contributed by atoms with Crippen molar-refractivity contribution in [3.8, 4) is 0 Å². The van der Waals surface area contributed by atoms with Gasteiger partial charge in [0.25, 0.3) is 0 Å². The maximum absolute atomic E-state index is 14.1. The van der Waals surface area contributed by atoms with Gasteiger partial charge in [0.2, 0.25) is 23.6 Å². The Balaban J connectivity index is 1.27. The zero-order valence-electron chi connectivity index (χ0n) is 32.2. The molecule has 3 aromatic carbocycles. The molecule has 8 N–H and O–H groups in total. The number of rotatable bonds is 18. The fourth-order valence-corrected chi connectivity index (χ4v) is 7.50. The monoisotopic (exact) mass is 786 g/mol.